The molecule has 150 valence electrons. The van der Waals surface area contributed by atoms with Gasteiger partial charge in [-0.25, -0.2) is 9.67 Å². The maximum Gasteiger partial charge on any atom is 0.295 e. The molecule has 0 bridgehead atoms. The molecule has 0 atom stereocenters. The monoisotopic (exact) mass is 476 g/mol. The summed E-state index contributed by atoms with van der Waals surface area (Å²) in [5.74, 6) is -0.0383. The molecule has 0 spiro atoms. The fourth-order valence-corrected chi connectivity index (χ4v) is 3.33. The van der Waals surface area contributed by atoms with Crippen LogP contribution in [-0.4, -0.2) is 20.7 Å². The minimum absolute atomic E-state index is 0.0222. The summed E-state index contributed by atoms with van der Waals surface area (Å²) in [6.45, 7) is 0. The van der Waals surface area contributed by atoms with Crippen molar-refractivity contribution in [2.24, 2.45) is 0 Å². The maximum absolute atomic E-state index is 12.8. The van der Waals surface area contributed by atoms with Crippen molar-refractivity contribution in [2.75, 3.05) is 5.32 Å². The highest BCUT2D eigenvalue weighted by atomic mass is 35.5. The zero-order chi connectivity index (χ0) is 21.3. The van der Waals surface area contributed by atoms with Gasteiger partial charge in [0.2, 0.25) is 5.82 Å². The van der Waals surface area contributed by atoms with E-state index in [0.29, 0.717) is 37.3 Å². The number of rotatable bonds is 4. The summed E-state index contributed by atoms with van der Waals surface area (Å²) < 4.78 is 1.54. The number of hydrogen-bond donors (Lipinski definition) is 1. The van der Waals surface area contributed by atoms with Crippen LogP contribution in [-0.2, 0) is 0 Å². The topological polar surface area (TPSA) is 59.8 Å². The van der Waals surface area contributed by atoms with Crippen LogP contribution in [0.3, 0.4) is 0 Å². The van der Waals surface area contributed by atoms with Crippen molar-refractivity contribution >= 4 is 58.0 Å². The molecule has 9 heteroatoms. The van der Waals surface area contributed by atoms with Crippen LogP contribution in [0.1, 0.15) is 10.6 Å². The van der Waals surface area contributed by atoms with Crippen LogP contribution in [0.25, 0.3) is 17.1 Å². The minimum atomic E-state index is -0.496. The van der Waals surface area contributed by atoms with Crippen molar-refractivity contribution in [1.82, 2.24) is 14.8 Å². The molecule has 0 aliphatic heterocycles. The first-order valence-electron chi connectivity index (χ1n) is 8.66. The Morgan fingerprint density at radius 1 is 0.800 bits per heavy atom. The number of hydrogen-bond acceptors (Lipinski definition) is 3. The lowest BCUT2D eigenvalue weighted by Crippen LogP contribution is -2.14. The minimum Gasteiger partial charge on any atom is -0.319 e. The van der Waals surface area contributed by atoms with Crippen molar-refractivity contribution in [3.63, 3.8) is 0 Å². The first kappa shape index (κ1) is 20.7. The Morgan fingerprint density at radius 2 is 1.47 bits per heavy atom. The quantitative estimate of drug-likeness (QED) is 0.351. The second-order valence-corrected chi connectivity index (χ2v) is 7.85. The molecule has 0 unspecified atom stereocenters. The van der Waals surface area contributed by atoms with Gasteiger partial charge >= 0.3 is 0 Å². The number of nitrogens with one attached hydrogen (secondary N) is 1. The molecule has 0 fully saturated rings. The highest BCUT2D eigenvalue weighted by Gasteiger charge is 2.19. The number of halogens is 4. The van der Waals surface area contributed by atoms with Crippen molar-refractivity contribution < 1.29 is 4.79 Å². The zero-order valence-electron chi connectivity index (χ0n) is 15.1. The van der Waals surface area contributed by atoms with E-state index in [9.17, 15) is 4.79 Å². The van der Waals surface area contributed by atoms with Crippen LogP contribution in [0.5, 0.6) is 0 Å². The number of carbonyl (C=O) groups excluding carboxylic acids is 1. The summed E-state index contributed by atoms with van der Waals surface area (Å²) in [5.41, 5.74) is 1.87. The standard InChI is InChI=1S/C21H12Cl4N4O/c22-15-8-6-13(10-17(15)24)26-21(30)19-27-20(12-4-2-1-3-5-12)29(28-19)14-7-9-16(23)18(25)11-14/h1-11H,(H,26,30). The molecule has 0 aliphatic carbocycles. The molecule has 1 aromatic heterocycles. The van der Waals surface area contributed by atoms with Gasteiger partial charge in [-0.1, -0.05) is 76.7 Å². The Labute approximate surface area is 192 Å². The number of anilines is 1. The summed E-state index contributed by atoms with van der Waals surface area (Å²) in [4.78, 5) is 17.2. The Morgan fingerprint density at radius 3 is 2.13 bits per heavy atom. The van der Waals surface area contributed by atoms with Crippen molar-refractivity contribution in [3.05, 3.63) is 92.6 Å². The van der Waals surface area contributed by atoms with E-state index in [2.05, 4.69) is 15.4 Å². The van der Waals surface area contributed by atoms with E-state index in [0.717, 1.165) is 5.56 Å². The Hall–Kier alpha value is -2.57. The first-order valence-corrected chi connectivity index (χ1v) is 10.2. The molecule has 4 rings (SSSR count). The summed E-state index contributed by atoms with van der Waals surface area (Å²) in [5, 5.41) is 8.62. The van der Waals surface area contributed by atoms with E-state index in [4.69, 9.17) is 46.4 Å². The van der Waals surface area contributed by atoms with Crippen molar-refractivity contribution in [2.45, 2.75) is 0 Å². The van der Waals surface area contributed by atoms with Crippen LogP contribution in [0, 0.1) is 0 Å². The summed E-state index contributed by atoms with van der Waals surface area (Å²) in [6, 6.07) is 19.2. The van der Waals surface area contributed by atoms with Gasteiger partial charge < -0.3 is 5.32 Å². The Kier molecular flexibility index (Phi) is 5.97. The highest BCUT2D eigenvalue weighted by Crippen LogP contribution is 2.28. The second-order valence-electron chi connectivity index (χ2n) is 6.22. The summed E-state index contributed by atoms with van der Waals surface area (Å²) in [6.07, 6.45) is 0. The van der Waals surface area contributed by atoms with Crippen LogP contribution in [0.15, 0.2) is 66.7 Å². The van der Waals surface area contributed by atoms with E-state index >= 15 is 0 Å². The normalized spacial score (nSPS) is 10.8. The SMILES string of the molecule is O=C(Nc1ccc(Cl)c(Cl)c1)c1nc(-c2ccccc2)n(-c2ccc(Cl)c(Cl)c2)n1. The number of aromatic nitrogens is 3. The smallest absolute Gasteiger partial charge is 0.295 e. The van der Waals surface area contributed by atoms with Gasteiger partial charge in [-0.3, -0.25) is 4.79 Å². The molecule has 3 aromatic carbocycles. The number of carbonyl (C=O) groups is 1. The largest absolute Gasteiger partial charge is 0.319 e. The molecule has 4 aromatic rings. The molecular formula is C21H12Cl4N4O. The number of nitrogens with zero attached hydrogens (tertiary/aromatic N) is 3. The maximum atomic E-state index is 12.8. The first-order chi connectivity index (χ1) is 14.4. The molecule has 30 heavy (non-hydrogen) atoms. The average Bonchev–Trinajstić information content (AvgIpc) is 3.19. The number of amides is 1. The van der Waals surface area contributed by atoms with E-state index in [1.165, 1.54) is 0 Å². The van der Waals surface area contributed by atoms with Crippen LogP contribution in [0.2, 0.25) is 20.1 Å². The molecule has 0 saturated heterocycles. The van der Waals surface area contributed by atoms with Gasteiger partial charge in [-0.05, 0) is 36.4 Å². The van der Waals surface area contributed by atoms with E-state index < -0.39 is 5.91 Å². The van der Waals surface area contributed by atoms with Gasteiger partial charge in [0.25, 0.3) is 5.91 Å². The fraction of sp³-hybridized carbons (Fsp3) is 0. The molecule has 0 aliphatic rings. The molecular weight excluding hydrogens is 466 g/mol. The molecule has 5 nitrogen and oxygen atoms in total. The predicted octanol–water partition coefficient (Wildman–Crippen LogP) is 6.80. The van der Waals surface area contributed by atoms with Gasteiger partial charge in [0.15, 0.2) is 5.82 Å². The second kappa shape index (κ2) is 8.66. The van der Waals surface area contributed by atoms with Crippen LogP contribution in [0.4, 0.5) is 5.69 Å². The Bertz CT molecular complexity index is 1240. The van der Waals surface area contributed by atoms with Gasteiger partial charge in [0, 0.05) is 11.3 Å². The van der Waals surface area contributed by atoms with Crippen LogP contribution < -0.4 is 5.32 Å². The fourth-order valence-electron chi connectivity index (χ4n) is 2.74. The van der Waals surface area contributed by atoms with Gasteiger partial charge in [0.05, 0.1) is 25.8 Å². The highest BCUT2D eigenvalue weighted by molar-refractivity contribution is 6.42. The van der Waals surface area contributed by atoms with E-state index in [1.807, 2.05) is 30.3 Å². The molecule has 0 saturated carbocycles. The van der Waals surface area contributed by atoms with Crippen LogP contribution >= 0.6 is 46.4 Å². The van der Waals surface area contributed by atoms with Gasteiger partial charge in [-0.15, -0.1) is 5.10 Å². The van der Waals surface area contributed by atoms with Crippen molar-refractivity contribution in [3.8, 4) is 17.1 Å². The molecule has 0 radical (unpaired) electrons. The van der Waals surface area contributed by atoms with Gasteiger partial charge in [0.1, 0.15) is 0 Å². The predicted molar refractivity (Wildman–Crippen MR) is 121 cm³/mol. The lowest BCUT2D eigenvalue weighted by atomic mass is 10.2. The third-order valence-electron chi connectivity index (χ3n) is 4.17. The average molecular weight is 478 g/mol. The molecule has 1 N–H and O–H groups in total. The van der Waals surface area contributed by atoms with Gasteiger partial charge in [-0.2, -0.15) is 0 Å². The lowest BCUT2D eigenvalue weighted by Gasteiger charge is -2.07. The number of benzene rings is 3. The third-order valence-corrected chi connectivity index (χ3v) is 5.65. The van der Waals surface area contributed by atoms with E-state index in [-0.39, 0.29) is 5.82 Å². The molecule has 1 amide bonds. The van der Waals surface area contributed by atoms with E-state index in [1.54, 1.807) is 41.1 Å². The lowest BCUT2D eigenvalue weighted by molar-refractivity contribution is 0.101. The Balaban J connectivity index is 1.75. The molecule has 1 heterocycles. The summed E-state index contributed by atoms with van der Waals surface area (Å²) >= 11 is 24.1. The zero-order valence-corrected chi connectivity index (χ0v) is 18.1. The summed E-state index contributed by atoms with van der Waals surface area (Å²) in [7, 11) is 0. The van der Waals surface area contributed by atoms with Crippen molar-refractivity contribution in [1.29, 1.82) is 0 Å². The third kappa shape index (κ3) is 4.30.